The molecule has 0 aromatic heterocycles. The zero-order valence-corrected chi connectivity index (χ0v) is 43.9. The van der Waals surface area contributed by atoms with E-state index in [1.165, 1.54) is 118 Å². The van der Waals surface area contributed by atoms with E-state index in [9.17, 15) is 0 Å². The first-order valence-electron chi connectivity index (χ1n) is 25.7. The fourth-order valence-corrected chi connectivity index (χ4v) is 17.1. The van der Waals surface area contributed by atoms with Crippen molar-refractivity contribution in [3.05, 3.63) is 179 Å². The molecule has 0 N–H and O–H groups in total. The average molecular weight is 911 g/mol. The molecule has 4 heteroatoms. The molecule has 2 aliphatic heterocycles. The standard InChI is InChI=1S/C63H70N2Si2/c1-59-35-19-21-37-61(59,3)64(55-33-30-46(40-52(55)59)66(5,6)7)45-29-32-50-51(39-45)63(43-23-13-11-14-24-43,44-25-15-12-16-26-44)54-42-57(48-27-17-18-28-49(48)58(50)54)65-56-34-31-47(67(8,9)10)41-53(56)60(2)36-20-22-38-62(60,65)4/h11-18,23-34,39-42H,19-22,35-38H2,1-10H3. The first-order chi connectivity index (χ1) is 32.0. The Kier molecular flexibility index (Phi) is 9.29. The summed E-state index contributed by atoms with van der Waals surface area (Å²) in [6.07, 6.45) is 9.88. The highest BCUT2D eigenvalue weighted by Crippen LogP contribution is 2.66. The second-order valence-electron chi connectivity index (χ2n) is 24.3. The highest BCUT2D eigenvalue weighted by Gasteiger charge is 2.60. The summed E-state index contributed by atoms with van der Waals surface area (Å²) >= 11 is 0. The van der Waals surface area contributed by atoms with Gasteiger partial charge in [0, 0.05) is 39.0 Å². The molecule has 340 valence electrons. The third-order valence-electron chi connectivity index (χ3n) is 19.0. The van der Waals surface area contributed by atoms with Crippen LogP contribution in [0.4, 0.5) is 22.7 Å². The fourth-order valence-electron chi connectivity index (χ4n) is 14.8. The average Bonchev–Trinajstić information content (AvgIpc) is 3.81. The minimum Gasteiger partial charge on any atom is -0.334 e. The van der Waals surface area contributed by atoms with Crippen molar-refractivity contribution < 1.29 is 0 Å². The maximum Gasteiger partial charge on any atom is 0.0776 e. The van der Waals surface area contributed by atoms with Crippen LogP contribution in [0.15, 0.2) is 146 Å². The Morgan fingerprint density at radius 2 is 0.881 bits per heavy atom. The van der Waals surface area contributed by atoms with E-state index in [1.54, 1.807) is 21.5 Å². The third-order valence-corrected chi connectivity index (χ3v) is 23.0. The summed E-state index contributed by atoms with van der Waals surface area (Å²) in [4.78, 5) is 5.69. The maximum absolute atomic E-state index is 2.87. The molecule has 0 saturated heterocycles. The quantitative estimate of drug-likeness (QED) is 0.153. The zero-order chi connectivity index (χ0) is 46.5. The molecule has 7 aromatic carbocycles. The van der Waals surface area contributed by atoms with Gasteiger partial charge in [0.05, 0.1) is 32.6 Å². The van der Waals surface area contributed by atoms with E-state index < -0.39 is 21.6 Å². The smallest absolute Gasteiger partial charge is 0.0776 e. The van der Waals surface area contributed by atoms with E-state index in [-0.39, 0.29) is 21.9 Å². The SMILES string of the molecule is CC12CCCCC1(C)N(c1ccc3c(c1)C(c1ccccc1)(c1ccccc1)c1cc(N4c5ccc([Si](C)(C)C)cc5C5(C)CCCCC45C)c4ccccc4c1-3)c1ccc([Si](C)(C)C)cc12. The van der Waals surface area contributed by atoms with Gasteiger partial charge in [-0.15, -0.1) is 0 Å². The number of benzene rings is 7. The summed E-state index contributed by atoms with van der Waals surface area (Å²) in [7, 11) is -3.10. The van der Waals surface area contributed by atoms with Crippen molar-refractivity contribution in [1.29, 1.82) is 0 Å². The Morgan fingerprint density at radius 1 is 0.403 bits per heavy atom. The van der Waals surface area contributed by atoms with Gasteiger partial charge in [0.1, 0.15) is 0 Å². The summed E-state index contributed by atoms with van der Waals surface area (Å²) in [5.74, 6) is 0. The van der Waals surface area contributed by atoms with Crippen molar-refractivity contribution in [2.75, 3.05) is 9.80 Å². The van der Waals surface area contributed by atoms with Crippen LogP contribution in [0.3, 0.4) is 0 Å². The Morgan fingerprint density at radius 3 is 1.42 bits per heavy atom. The van der Waals surface area contributed by atoms with Gasteiger partial charge in [-0.25, -0.2) is 0 Å². The highest BCUT2D eigenvalue weighted by molar-refractivity contribution is 6.89. The van der Waals surface area contributed by atoms with Crippen LogP contribution in [-0.4, -0.2) is 27.2 Å². The Bertz CT molecular complexity index is 3100. The van der Waals surface area contributed by atoms with Gasteiger partial charge in [-0.1, -0.05) is 204 Å². The maximum atomic E-state index is 2.87. The minimum atomic E-state index is -1.56. The normalized spacial score (nSPS) is 25.9. The zero-order valence-electron chi connectivity index (χ0n) is 41.9. The van der Waals surface area contributed by atoms with Crippen molar-refractivity contribution in [2.45, 2.75) is 146 Å². The van der Waals surface area contributed by atoms with E-state index in [0.29, 0.717) is 0 Å². The predicted octanol–water partition coefficient (Wildman–Crippen LogP) is 15.8. The van der Waals surface area contributed by atoms with Gasteiger partial charge in [-0.3, -0.25) is 0 Å². The number of nitrogens with zero attached hydrogens (tertiary/aromatic N) is 2. The van der Waals surface area contributed by atoms with E-state index in [2.05, 4.69) is 222 Å². The lowest BCUT2D eigenvalue weighted by atomic mass is 9.61. The molecule has 67 heavy (non-hydrogen) atoms. The van der Waals surface area contributed by atoms with E-state index in [4.69, 9.17) is 0 Å². The van der Waals surface area contributed by atoms with Gasteiger partial charge >= 0.3 is 0 Å². The summed E-state index contributed by atoms with van der Waals surface area (Å²) in [5.41, 5.74) is 16.2. The molecular formula is C63H70N2Si2. The number of rotatable bonds is 6. The second kappa shape index (κ2) is 14.4. The fraction of sp³-hybridized carbons (Fsp3) is 0.365. The lowest BCUT2D eigenvalue weighted by Crippen LogP contribution is -2.54. The summed E-state index contributed by atoms with van der Waals surface area (Å²) in [5, 5.41) is 5.84. The number of anilines is 4. The molecule has 4 atom stereocenters. The van der Waals surface area contributed by atoms with Crippen LogP contribution in [0.5, 0.6) is 0 Å². The largest absolute Gasteiger partial charge is 0.334 e. The van der Waals surface area contributed by atoms with Crippen molar-refractivity contribution in [1.82, 2.24) is 0 Å². The van der Waals surface area contributed by atoms with Gasteiger partial charge in [0.2, 0.25) is 0 Å². The van der Waals surface area contributed by atoms with Crippen LogP contribution in [0, 0.1) is 0 Å². The van der Waals surface area contributed by atoms with Crippen LogP contribution in [0.25, 0.3) is 21.9 Å². The van der Waals surface area contributed by atoms with Gasteiger partial charge in [0.25, 0.3) is 0 Å². The van der Waals surface area contributed by atoms with Crippen molar-refractivity contribution in [2.24, 2.45) is 0 Å². The minimum absolute atomic E-state index is 0.0375. The van der Waals surface area contributed by atoms with Gasteiger partial charge in [0.15, 0.2) is 0 Å². The Labute approximate surface area is 403 Å². The predicted molar refractivity (Wildman–Crippen MR) is 293 cm³/mol. The highest BCUT2D eigenvalue weighted by atomic mass is 28.3. The molecule has 2 fully saturated rings. The summed E-state index contributed by atoms with van der Waals surface area (Å²) in [6, 6.07) is 58.3. The third kappa shape index (κ3) is 5.66. The monoisotopic (exact) mass is 911 g/mol. The molecule has 0 radical (unpaired) electrons. The number of hydrogen-bond donors (Lipinski definition) is 0. The van der Waals surface area contributed by atoms with Gasteiger partial charge in [-0.2, -0.15) is 0 Å². The molecule has 12 rings (SSSR count). The van der Waals surface area contributed by atoms with Gasteiger partial charge in [-0.05, 0) is 120 Å². The molecule has 0 amide bonds. The van der Waals surface area contributed by atoms with Crippen molar-refractivity contribution in [3.8, 4) is 11.1 Å². The topological polar surface area (TPSA) is 6.48 Å². The van der Waals surface area contributed by atoms with Crippen LogP contribution in [-0.2, 0) is 16.2 Å². The van der Waals surface area contributed by atoms with Crippen LogP contribution < -0.4 is 20.2 Å². The van der Waals surface area contributed by atoms with Crippen LogP contribution in [0.1, 0.15) is 112 Å². The molecule has 2 nitrogen and oxygen atoms in total. The van der Waals surface area contributed by atoms with Gasteiger partial charge < -0.3 is 9.80 Å². The van der Waals surface area contributed by atoms with Crippen LogP contribution >= 0.6 is 0 Å². The first-order valence-corrected chi connectivity index (χ1v) is 32.7. The van der Waals surface area contributed by atoms with E-state index >= 15 is 0 Å². The second-order valence-corrected chi connectivity index (χ2v) is 34.5. The number of hydrogen-bond acceptors (Lipinski definition) is 2. The Balaban J connectivity index is 1.16. The molecular weight excluding hydrogens is 841 g/mol. The molecule has 5 aliphatic rings. The molecule has 2 heterocycles. The summed E-state index contributed by atoms with van der Waals surface area (Å²) in [6.45, 7) is 25.5. The molecule has 0 bridgehead atoms. The van der Waals surface area contributed by atoms with Crippen molar-refractivity contribution >= 4 is 60.0 Å². The summed E-state index contributed by atoms with van der Waals surface area (Å²) < 4.78 is 0. The molecule has 2 saturated carbocycles. The molecule has 0 spiro atoms. The first kappa shape index (κ1) is 43.1. The number of fused-ring (bicyclic) bond motifs is 11. The van der Waals surface area contributed by atoms with E-state index in [1.807, 2.05) is 0 Å². The lowest BCUT2D eigenvalue weighted by molar-refractivity contribution is 0.195. The van der Waals surface area contributed by atoms with Crippen molar-refractivity contribution in [3.63, 3.8) is 0 Å². The molecule has 4 unspecified atom stereocenters. The molecule has 3 aliphatic carbocycles. The van der Waals surface area contributed by atoms with Crippen LogP contribution in [0.2, 0.25) is 39.3 Å². The Hall–Kier alpha value is -5.17. The lowest BCUT2D eigenvalue weighted by Gasteiger charge is -2.50. The van der Waals surface area contributed by atoms with E-state index in [0.717, 1.165) is 0 Å². The molecule has 7 aromatic rings.